The van der Waals surface area contributed by atoms with Crippen LogP contribution in [0, 0.1) is 5.82 Å². The zero-order valence-electron chi connectivity index (χ0n) is 11.6. The molecule has 1 atom stereocenters. The van der Waals surface area contributed by atoms with Crippen molar-refractivity contribution in [3.8, 4) is 0 Å². The summed E-state index contributed by atoms with van der Waals surface area (Å²) in [6.45, 7) is 4.03. The first-order valence-corrected chi connectivity index (χ1v) is 8.26. The topological polar surface area (TPSA) is 51.8 Å². The molecule has 0 aliphatic carbocycles. The number of aryl methyl sites for hydroxylation is 1. The van der Waals surface area contributed by atoms with Crippen molar-refractivity contribution in [2.45, 2.75) is 48.4 Å². The molecule has 0 bridgehead atoms. The highest BCUT2D eigenvalue weighted by Crippen LogP contribution is 2.33. The third kappa shape index (κ3) is 3.77. The molecule has 3 nitrogen and oxygen atoms in total. The van der Waals surface area contributed by atoms with E-state index < -0.39 is 0 Å². The van der Waals surface area contributed by atoms with Gasteiger partial charge in [0.15, 0.2) is 4.34 Å². The van der Waals surface area contributed by atoms with Gasteiger partial charge in [-0.05, 0) is 36.5 Å². The Labute approximate surface area is 127 Å². The molecular weight excluding hydrogens is 293 g/mol. The maximum Gasteiger partial charge on any atom is 0.174 e. The smallest absolute Gasteiger partial charge is 0.174 e. The molecule has 0 aliphatic rings. The van der Waals surface area contributed by atoms with Crippen molar-refractivity contribution < 1.29 is 4.39 Å². The Morgan fingerprint density at radius 3 is 2.85 bits per heavy atom. The molecule has 6 heteroatoms. The fraction of sp³-hybridized carbons (Fsp3) is 0.429. The van der Waals surface area contributed by atoms with Crippen LogP contribution in [0.2, 0.25) is 0 Å². The van der Waals surface area contributed by atoms with Gasteiger partial charge in [0.1, 0.15) is 11.6 Å². The van der Waals surface area contributed by atoms with Gasteiger partial charge in [-0.1, -0.05) is 31.7 Å². The first kappa shape index (κ1) is 15.4. The zero-order chi connectivity index (χ0) is 14.5. The third-order valence-electron chi connectivity index (χ3n) is 3.03. The number of nitrogens with zero attached hydrogens (tertiary/aromatic N) is 2. The van der Waals surface area contributed by atoms with Gasteiger partial charge in [-0.25, -0.2) is 9.37 Å². The van der Waals surface area contributed by atoms with Crippen LogP contribution in [-0.2, 0) is 12.8 Å². The Kier molecular flexibility index (Phi) is 5.51. The van der Waals surface area contributed by atoms with Crippen LogP contribution in [0.15, 0.2) is 27.4 Å². The van der Waals surface area contributed by atoms with Crippen molar-refractivity contribution in [2.75, 3.05) is 0 Å². The molecule has 0 fully saturated rings. The SMILES string of the molecule is CCc1nsc(Sc2cccc(F)c2CC(N)CC)n1. The van der Waals surface area contributed by atoms with Crippen LogP contribution >= 0.6 is 23.3 Å². The molecule has 20 heavy (non-hydrogen) atoms. The molecule has 0 saturated carbocycles. The second kappa shape index (κ2) is 7.15. The largest absolute Gasteiger partial charge is 0.327 e. The summed E-state index contributed by atoms with van der Waals surface area (Å²) in [4.78, 5) is 5.29. The second-order valence-electron chi connectivity index (χ2n) is 4.52. The number of nitrogens with two attached hydrogens (primary N) is 1. The van der Waals surface area contributed by atoms with Crippen LogP contribution < -0.4 is 5.73 Å². The summed E-state index contributed by atoms with van der Waals surface area (Å²) in [7, 11) is 0. The van der Waals surface area contributed by atoms with E-state index in [0.29, 0.717) is 12.0 Å². The second-order valence-corrected chi connectivity index (χ2v) is 6.56. The van der Waals surface area contributed by atoms with Crippen molar-refractivity contribution >= 4 is 23.3 Å². The van der Waals surface area contributed by atoms with Crippen molar-refractivity contribution in [1.29, 1.82) is 0 Å². The Bertz CT molecular complexity index is 571. The molecule has 0 aliphatic heterocycles. The summed E-state index contributed by atoms with van der Waals surface area (Å²) in [6, 6.07) is 5.10. The number of hydrogen-bond acceptors (Lipinski definition) is 5. The summed E-state index contributed by atoms with van der Waals surface area (Å²) in [5.41, 5.74) is 6.64. The lowest BCUT2D eigenvalue weighted by atomic mass is 10.0. The zero-order valence-corrected chi connectivity index (χ0v) is 13.2. The van der Waals surface area contributed by atoms with Gasteiger partial charge in [-0.2, -0.15) is 4.37 Å². The summed E-state index contributed by atoms with van der Waals surface area (Å²) in [5.74, 6) is 0.639. The molecule has 0 amide bonds. The van der Waals surface area contributed by atoms with E-state index in [9.17, 15) is 4.39 Å². The molecule has 2 rings (SSSR count). The highest BCUT2D eigenvalue weighted by atomic mass is 32.2. The summed E-state index contributed by atoms with van der Waals surface area (Å²) in [6.07, 6.45) is 2.19. The molecule has 2 aromatic rings. The first-order valence-electron chi connectivity index (χ1n) is 6.67. The molecule has 0 spiro atoms. The van der Waals surface area contributed by atoms with Gasteiger partial charge in [0.25, 0.3) is 0 Å². The minimum Gasteiger partial charge on any atom is -0.327 e. The number of hydrogen-bond donors (Lipinski definition) is 1. The summed E-state index contributed by atoms with van der Waals surface area (Å²) >= 11 is 2.82. The van der Waals surface area contributed by atoms with Crippen LogP contribution in [0.1, 0.15) is 31.7 Å². The molecule has 0 saturated heterocycles. The van der Waals surface area contributed by atoms with Gasteiger partial charge < -0.3 is 5.73 Å². The van der Waals surface area contributed by atoms with Gasteiger partial charge in [-0.15, -0.1) is 0 Å². The van der Waals surface area contributed by atoms with E-state index in [2.05, 4.69) is 9.36 Å². The molecule has 2 N–H and O–H groups in total. The normalized spacial score (nSPS) is 12.6. The maximum atomic E-state index is 14.0. The third-order valence-corrected chi connectivity index (χ3v) is 4.92. The monoisotopic (exact) mass is 311 g/mol. The van der Waals surface area contributed by atoms with Crippen molar-refractivity contribution in [3.63, 3.8) is 0 Å². The average molecular weight is 311 g/mol. The van der Waals surface area contributed by atoms with Crippen LogP contribution in [0.5, 0.6) is 0 Å². The number of halogens is 1. The van der Waals surface area contributed by atoms with E-state index in [1.165, 1.54) is 29.4 Å². The lowest BCUT2D eigenvalue weighted by Crippen LogP contribution is -2.22. The lowest BCUT2D eigenvalue weighted by Gasteiger charge is -2.13. The highest BCUT2D eigenvalue weighted by molar-refractivity contribution is 8.01. The minimum absolute atomic E-state index is 0.0214. The molecular formula is C14H18FN3S2. The van der Waals surface area contributed by atoms with Gasteiger partial charge in [0.2, 0.25) is 0 Å². The number of benzene rings is 1. The van der Waals surface area contributed by atoms with Crippen LogP contribution in [0.25, 0.3) is 0 Å². The molecule has 1 unspecified atom stereocenters. The fourth-order valence-corrected chi connectivity index (χ4v) is 3.58. The molecule has 108 valence electrons. The number of aromatic nitrogens is 2. The standard InChI is InChI=1S/C14H18FN3S2/c1-3-9(16)8-10-11(15)6-5-7-12(10)19-14-17-13(4-2)18-20-14/h5-7,9H,3-4,8,16H2,1-2H3. The minimum atomic E-state index is -0.195. The average Bonchev–Trinajstić information content (AvgIpc) is 2.90. The van der Waals surface area contributed by atoms with E-state index in [-0.39, 0.29) is 11.9 Å². The molecule has 1 aromatic heterocycles. The fourth-order valence-electron chi connectivity index (χ4n) is 1.76. The predicted octanol–water partition coefficient (Wildman–Crippen LogP) is 3.67. The molecule has 1 heterocycles. The predicted molar refractivity (Wildman–Crippen MR) is 81.8 cm³/mol. The Morgan fingerprint density at radius 1 is 1.40 bits per heavy atom. The van der Waals surface area contributed by atoms with Crippen LogP contribution in [-0.4, -0.2) is 15.4 Å². The summed E-state index contributed by atoms with van der Waals surface area (Å²) < 4.78 is 19.1. The van der Waals surface area contributed by atoms with Crippen molar-refractivity contribution in [3.05, 3.63) is 35.4 Å². The lowest BCUT2D eigenvalue weighted by molar-refractivity contribution is 0.571. The van der Waals surface area contributed by atoms with Gasteiger partial charge in [-0.3, -0.25) is 0 Å². The quantitative estimate of drug-likeness (QED) is 0.884. The van der Waals surface area contributed by atoms with Crippen molar-refractivity contribution in [1.82, 2.24) is 9.36 Å². The summed E-state index contributed by atoms with van der Waals surface area (Å²) in [5, 5.41) is 0. The van der Waals surface area contributed by atoms with Gasteiger partial charge >= 0.3 is 0 Å². The van der Waals surface area contributed by atoms with E-state index in [1.807, 2.05) is 19.9 Å². The van der Waals surface area contributed by atoms with Crippen molar-refractivity contribution in [2.24, 2.45) is 5.73 Å². The Morgan fingerprint density at radius 2 is 2.20 bits per heavy atom. The maximum absolute atomic E-state index is 14.0. The number of rotatable bonds is 6. The van der Waals surface area contributed by atoms with Crippen LogP contribution in [0.3, 0.4) is 0 Å². The molecule has 1 aromatic carbocycles. The first-order chi connectivity index (χ1) is 9.63. The van der Waals surface area contributed by atoms with Gasteiger partial charge in [0.05, 0.1) is 0 Å². The Hall–Kier alpha value is -0.980. The van der Waals surface area contributed by atoms with Gasteiger partial charge in [0, 0.05) is 22.9 Å². The highest BCUT2D eigenvalue weighted by Gasteiger charge is 2.14. The van der Waals surface area contributed by atoms with E-state index in [4.69, 9.17) is 5.73 Å². The van der Waals surface area contributed by atoms with E-state index in [1.54, 1.807) is 6.07 Å². The van der Waals surface area contributed by atoms with E-state index in [0.717, 1.165) is 27.9 Å². The Balaban J connectivity index is 2.24. The van der Waals surface area contributed by atoms with Crippen LogP contribution in [0.4, 0.5) is 4.39 Å². The van der Waals surface area contributed by atoms with E-state index >= 15 is 0 Å². The molecule has 0 radical (unpaired) electrons.